The highest BCUT2D eigenvalue weighted by Gasteiger charge is 2.05. The van der Waals surface area contributed by atoms with E-state index in [-0.39, 0.29) is 0 Å². The van der Waals surface area contributed by atoms with Crippen LogP contribution in [-0.2, 0) is 6.42 Å². The van der Waals surface area contributed by atoms with E-state index in [1.807, 2.05) is 6.92 Å². The van der Waals surface area contributed by atoms with Crippen molar-refractivity contribution in [3.05, 3.63) is 16.1 Å². The third-order valence-electron chi connectivity index (χ3n) is 3.27. The van der Waals surface area contributed by atoms with E-state index in [0.717, 1.165) is 36.2 Å². The molecular formula is C16H30N4S. The molecule has 0 amide bonds. The third kappa shape index (κ3) is 8.05. The van der Waals surface area contributed by atoms with Gasteiger partial charge in [-0.05, 0) is 27.2 Å². The Hall–Kier alpha value is -1.10. The van der Waals surface area contributed by atoms with Crippen LogP contribution >= 0.6 is 11.3 Å². The number of thiazole rings is 1. The topological polar surface area (TPSA) is 49.3 Å². The summed E-state index contributed by atoms with van der Waals surface area (Å²) in [6.45, 7) is 10.3. The predicted octanol–water partition coefficient (Wildman–Crippen LogP) is 3.52. The quantitative estimate of drug-likeness (QED) is 0.417. The number of hydrogen-bond acceptors (Lipinski definition) is 3. The third-order valence-corrected chi connectivity index (χ3v) is 4.09. The zero-order valence-electron chi connectivity index (χ0n) is 13.9. The molecule has 1 atom stereocenters. The van der Waals surface area contributed by atoms with Crippen LogP contribution in [0.2, 0.25) is 0 Å². The van der Waals surface area contributed by atoms with Crippen molar-refractivity contribution in [2.45, 2.75) is 65.8 Å². The molecule has 0 saturated heterocycles. The number of nitrogens with zero attached hydrogens (tertiary/aromatic N) is 2. The predicted molar refractivity (Wildman–Crippen MR) is 93.3 cm³/mol. The first-order valence-corrected chi connectivity index (χ1v) is 8.99. The van der Waals surface area contributed by atoms with Crippen molar-refractivity contribution in [1.29, 1.82) is 0 Å². The van der Waals surface area contributed by atoms with Crippen LogP contribution < -0.4 is 10.6 Å². The molecule has 0 bridgehead atoms. The SMILES string of the molecule is CCCCCC(C)NC(=NCCc1csc(C)n1)NCC. The zero-order valence-corrected chi connectivity index (χ0v) is 14.7. The molecule has 0 aliphatic carbocycles. The second-order valence-electron chi connectivity index (χ2n) is 5.41. The van der Waals surface area contributed by atoms with Crippen molar-refractivity contribution in [3.8, 4) is 0 Å². The number of guanidine groups is 1. The van der Waals surface area contributed by atoms with E-state index >= 15 is 0 Å². The van der Waals surface area contributed by atoms with Crippen LogP contribution in [0.4, 0.5) is 0 Å². The fraction of sp³-hybridized carbons (Fsp3) is 0.750. The van der Waals surface area contributed by atoms with E-state index in [1.165, 1.54) is 25.7 Å². The van der Waals surface area contributed by atoms with Crippen molar-refractivity contribution in [3.63, 3.8) is 0 Å². The van der Waals surface area contributed by atoms with Gasteiger partial charge in [-0.25, -0.2) is 4.98 Å². The summed E-state index contributed by atoms with van der Waals surface area (Å²) >= 11 is 1.70. The number of unbranched alkanes of at least 4 members (excludes halogenated alkanes) is 2. The lowest BCUT2D eigenvalue weighted by atomic mass is 10.1. The van der Waals surface area contributed by atoms with Crippen LogP contribution in [0.1, 0.15) is 57.2 Å². The normalized spacial score (nSPS) is 13.2. The number of aromatic nitrogens is 1. The van der Waals surface area contributed by atoms with Gasteiger partial charge in [-0.3, -0.25) is 4.99 Å². The van der Waals surface area contributed by atoms with E-state index in [0.29, 0.717) is 6.04 Å². The lowest BCUT2D eigenvalue weighted by molar-refractivity contribution is 0.547. The van der Waals surface area contributed by atoms with E-state index in [2.05, 4.69) is 46.8 Å². The maximum atomic E-state index is 4.65. The summed E-state index contributed by atoms with van der Waals surface area (Å²) in [5.74, 6) is 0.924. The lowest BCUT2D eigenvalue weighted by Crippen LogP contribution is -2.42. The van der Waals surface area contributed by atoms with E-state index in [1.54, 1.807) is 11.3 Å². The Labute approximate surface area is 133 Å². The van der Waals surface area contributed by atoms with E-state index in [9.17, 15) is 0 Å². The minimum absolute atomic E-state index is 0.468. The van der Waals surface area contributed by atoms with E-state index in [4.69, 9.17) is 0 Å². The summed E-state index contributed by atoms with van der Waals surface area (Å²) in [5.41, 5.74) is 1.15. The highest BCUT2D eigenvalue weighted by Crippen LogP contribution is 2.08. The monoisotopic (exact) mass is 310 g/mol. The van der Waals surface area contributed by atoms with E-state index < -0.39 is 0 Å². The van der Waals surface area contributed by atoms with Gasteiger partial charge in [0, 0.05) is 30.9 Å². The largest absolute Gasteiger partial charge is 0.357 e. The molecule has 120 valence electrons. The fourth-order valence-electron chi connectivity index (χ4n) is 2.13. The minimum atomic E-state index is 0.468. The summed E-state index contributed by atoms with van der Waals surface area (Å²) < 4.78 is 0. The molecular weight excluding hydrogens is 280 g/mol. The molecule has 0 radical (unpaired) electrons. The molecule has 0 aromatic carbocycles. The smallest absolute Gasteiger partial charge is 0.191 e. The van der Waals surface area contributed by atoms with Crippen LogP contribution in [0, 0.1) is 6.92 Å². The molecule has 4 nitrogen and oxygen atoms in total. The molecule has 0 spiro atoms. The van der Waals surface area contributed by atoms with Gasteiger partial charge >= 0.3 is 0 Å². The summed E-state index contributed by atoms with van der Waals surface area (Å²) in [7, 11) is 0. The maximum absolute atomic E-state index is 4.65. The lowest BCUT2D eigenvalue weighted by Gasteiger charge is -2.17. The number of nitrogens with one attached hydrogen (secondary N) is 2. The van der Waals surface area contributed by atoms with Crippen LogP contribution in [0.3, 0.4) is 0 Å². The van der Waals surface area contributed by atoms with Gasteiger partial charge in [0.05, 0.1) is 10.7 Å². The summed E-state index contributed by atoms with van der Waals surface area (Å²) in [4.78, 5) is 9.12. The molecule has 1 aromatic heterocycles. The Morgan fingerprint density at radius 1 is 1.38 bits per heavy atom. The summed E-state index contributed by atoms with van der Waals surface area (Å²) in [6.07, 6.45) is 5.97. The van der Waals surface area contributed by atoms with Crippen molar-refractivity contribution in [1.82, 2.24) is 15.6 Å². The maximum Gasteiger partial charge on any atom is 0.191 e. The molecule has 1 unspecified atom stereocenters. The first-order valence-electron chi connectivity index (χ1n) is 8.11. The Morgan fingerprint density at radius 2 is 2.19 bits per heavy atom. The second-order valence-corrected chi connectivity index (χ2v) is 6.47. The zero-order chi connectivity index (χ0) is 15.5. The van der Waals surface area contributed by atoms with Gasteiger partial charge in [0.1, 0.15) is 0 Å². The Morgan fingerprint density at radius 3 is 2.81 bits per heavy atom. The number of hydrogen-bond donors (Lipinski definition) is 2. The van der Waals surface area contributed by atoms with Gasteiger partial charge in [0.15, 0.2) is 5.96 Å². The van der Waals surface area contributed by atoms with Crippen molar-refractivity contribution < 1.29 is 0 Å². The second kappa shape index (κ2) is 10.6. The van der Waals surface area contributed by atoms with Crippen molar-refractivity contribution in [2.75, 3.05) is 13.1 Å². The van der Waals surface area contributed by atoms with Gasteiger partial charge in [-0.15, -0.1) is 11.3 Å². The molecule has 1 heterocycles. The number of aryl methyl sites for hydroxylation is 1. The molecule has 1 rings (SSSR count). The van der Waals surface area contributed by atoms with Crippen molar-refractivity contribution >= 4 is 17.3 Å². The average molecular weight is 311 g/mol. The van der Waals surface area contributed by atoms with Gasteiger partial charge in [-0.2, -0.15) is 0 Å². The Bertz CT molecular complexity index is 414. The highest BCUT2D eigenvalue weighted by molar-refractivity contribution is 7.09. The molecule has 0 aliphatic rings. The van der Waals surface area contributed by atoms with Crippen LogP contribution in [-0.4, -0.2) is 30.1 Å². The van der Waals surface area contributed by atoms with Gasteiger partial charge in [-0.1, -0.05) is 26.2 Å². The molecule has 0 saturated carbocycles. The minimum Gasteiger partial charge on any atom is -0.357 e. The number of rotatable bonds is 9. The molecule has 5 heteroatoms. The molecule has 1 aromatic rings. The Kier molecular flexibility index (Phi) is 9.06. The summed E-state index contributed by atoms with van der Waals surface area (Å²) in [6, 6.07) is 0.468. The first-order chi connectivity index (χ1) is 10.2. The Balaban J connectivity index is 2.37. The van der Waals surface area contributed by atoms with Crippen LogP contribution in [0.5, 0.6) is 0 Å². The van der Waals surface area contributed by atoms with Crippen LogP contribution in [0.15, 0.2) is 10.4 Å². The van der Waals surface area contributed by atoms with Crippen LogP contribution in [0.25, 0.3) is 0 Å². The molecule has 0 fully saturated rings. The molecule has 21 heavy (non-hydrogen) atoms. The first kappa shape index (κ1) is 18.0. The van der Waals surface area contributed by atoms with Crippen molar-refractivity contribution in [2.24, 2.45) is 4.99 Å². The molecule has 2 N–H and O–H groups in total. The van der Waals surface area contributed by atoms with Gasteiger partial charge in [0.2, 0.25) is 0 Å². The highest BCUT2D eigenvalue weighted by atomic mass is 32.1. The van der Waals surface area contributed by atoms with Gasteiger partial charge < -0.3 is 10.6 Å². The number of aliphatic imine (C=N–C) groups is 1. The standard InChI is InChI=1S/C16H30N4S/c1-5-7-8-9-13(3)19-16(17-6-2)18-11-10-15-12-21-14(4)20-15/h12-13H,5-11H2,1-4H3,(H2,17,18,19). The average Bonchev–Trinajstić information content (AvgIpc) is 2.85. The fourth-order valence-corrected chi connectivity index (χ4v) is 2.78. The summed E-state index contributed by atoms with van der Waals surface area (Å²) in [5, 5.41) is 10.1. The molecule has 0 aliphatic heterocycles. The van der Waals surface area contributed by atoms with Gasteiger partial charge in [0.25, 0.3) is 0 Å².